The summed E-state index contributed by atoms with van der Waals surface area (Å²) in [6, 6.07) is 15.8. The highest BCUT2D eigenvalue weighted by Gasteiger charge is 2.26. The second kappa shape index (κ2) is 9.94. The number of ether oxygens (including phenoxy) is 3. The van der Waals surface area contributed by atoms with E-state index in [1.165, 1.54) is 38.2 Å². The topological polar surface area (TPSA) is 83.8 Å². The minimum Gasteiger partial charge on any atom is -0.493 e. The van der Waals surface area contributed by atoms with Gasteiger partial charge in [-0.1, -0.05) is 30.3 Å². The molecule has 0 unspecified atom stereocenters. The van der Waals surface area contributed by atoms with Crippen LogP contribution in [0, 0.1) is 11.3 Å². The first-order valence-corrected chi connectivity index (χ1v) is 11.3. The third-order valence-corrected chi connectivity index (χ3v) is 6.78. The molecule has 1 aliphatic heterocycles. The Kier molecular flexibility index (Phi) is 6.82. The molecular formula is C25H25N3O4S. The molecule has 0 fully saturated rings. The summed E-state index contributed by atoms with van der Waals surface area (Å²) in [5.41, 5.74) is 3.20. The molecule has 0 radical (unpaired) electrons. The van der Waals surface area contributed by atoms with E-state index in [-0.39, 0.29) is 5.91 Å². The van der Waals surface area contributed by atoms with E-state index in [2.05, 4.69) is 28.4 Å². The Hall–Kier alpha value is -3.54. The summed E-state index contributed by atoms with van der Waals surface area (Å²) < 4.78 is 16.0. The summed E-state index contributed by atoms with van der Waals surface area (Å²) in [5, 5.41) is 13.3. The zero-order valence-electron chi connectivity index (χ0n) is 18.8. The van der Waals surface area contributed by atoms with Gasteiger partial charge in [-0.3, -0.25) is 9.69 Å². The van der Waals surface area contributed by atoms with Crippen LogP contribution in [-0.4, -0.2) is 38.7 Å². The molecule has 7 nitrogen and oxygen atoms in total. The number of methoxy groups -OCH3 is 3. The molecule has 2 heterocycles. The summed E-state index contributed by atoms with van der Waals surface area (Å²) in [5.74, 6) is 0.860. The summed E-state index contributed by atoms with van der Waals surface area (Å²) in [7, 11) is 4.51. The van der Waals surface area contributed by atoms with Gasteiger partial charge in [-0.2, -0.15) is 5.26 Å². The highest BCUT2D eigenvalue weighted by Crippen LogP contribution is 2.40. The number of hydrogen-bond acceptors (Lipinski definition) is 7. The van der Waals surface area contributed by atoms with E-state index >= 15 is 0 Å². The van der Waals surface area contributed by atoms with Crippen LogP contribution >= 0.6 is 11.3 Å². The molecule has 0 atom stereocenters. The summed E-state index contributed by atoms with van der Waals surface area (Å²) in [6.45, 7) is 2.48. The number of nitrogens with one attached hydrogen (secondary N) is 1. The fraction of sp³-hybridized carbons (Fsp3) is 0.280. The quantitative estimate of drug-likeness (QED) is 0.557. The SMILES string of the molecule is COc1cc(C(=O)Nc2sc3c(c2C#N)CCN(Cc2ccccc2)C3)cc(OC)c1OC. The Morgan fingerprint density at radius 3 is 2.42 bits per heavy atom. The number of rotatable bonds is 7. The molecule has 0 aliphatic carbocycles. The highest BCUT2D eigenvalue weighted by molar-refractivity contribution is 7.16. The number of benzene rings is 2. The molecule has 1 amide bonds. The molecule has 170 valence electrons. The van der Waals surface area contributed by atoms with Crippen LogP contribution in [-0.2, 0) is 19.5 Å². The van der Waals surface area contributed by atoms with Gasteiger partial charge in [0.25, 0.3) is 5.91 Å². The van der Waals surface area contributed by atoms with Crippen molar-refractivity contribution in [1.29, 1.82) is 5.26 Å². The lowest BCUT2D eigenvalue weighted by molar-refractivity contribution is 0.102. The summed E-state index contributed by atoms with van der Waals surface area (Å²) in [6.07, 6.45) is 0.779. The van der Waals surface area contributed by atoms with Crippen LogP contribution in [0.25, 0.3) is 0 Å². The van der Waals surface area contributed by atoms with E-state index in [9.17, 15) is 10.1 Å². The van der Waals surface area contributed by atoms with Gasteiger partial charge in [-0.15, -0.1) is 11.3 Å². The van der Waals surface area contributed by atoms with Crippen molar-refractivity contribution in [3.05, 3.63) is 69.6 Å². The third-order valence-electron chi connectivity index (χ3n) is 5.65. The Morgan fingerprint density at radius 1 is 1.12 bits per heavy atom. The molecule has 0 saturated carbocycles. The second-order valence-electron chi connectivity index (χ2n) is 7.63. The van der Waals surface area contributed by atoms with Gasteiger partial charge in [-0.05, 0) is 29.7 Å². The van der Waals surface area contributed by atoms with Gasteiger partial charge in [0.05, 0.1) is 26.9 Å². The maximum atomic E-state index is 13.1. The molecule has 3 aromatic rings. The smallest absolute Gasteiger partial charge is 0.256 e. The molecule has 1 aliphatic rings. The van der Waals surface area contributed by atoms with Crippen LogP contribution in [0.15, 0.2) is 42.5 Å². The number of amides is 1. The van der Waals surface area contributed by atoms with Crippen LogP contribution in [0.4, 0.5) is 5.00 Å². The number of nitriles is 1. The van der Waals surface area contributed by atoms with Crippen molar-refractivity contribution in [1.82, 2.24) is 4.90 Å². The van der Waals surface area contributed by atoms with Crippen LogP contribution in [0.3, 0.4) is 0 Å². The van der Waals surface area contributed by atoms with Gasteiger partial charge in [-0.25, -0.2) is 0 Å². The molecule has 4 rings (SSSR count). The van der Waals surface area contributed by atoms with Crippen molar-refractivity contribution in [3.63, 3.8) is 0 Å². The average molecular weight is 464 g/mol. The maximum absolute atomic E-state index is 13.1. The van der Waals surface area contributed by atoms with Crippen molar-refractivity contribution in [3.8, 4) is 23.3 Å². The Labute approximate surface area is 197 Å². The summed E-state index contributed by atoms with van der Waals surface area (Å²) in [4.78, 5) is 16.5. The van der Waals surface area contributed by atoms with Crippen LogP contribution in [0.2, 0.25) is 0 Å². The van der Waals surface area contributed by atoms with Crippen LogP contribution in [0.1, 0.15) is 31.9 Å². The van der Waals surface area contributed by atoms with Gasteiger partial charge in [0.2, 0.25) is 5.75 Å². The van der Waals surface area contributed by atoms with Crippen molar-refractivity contribution in [2.75, 3.05) is 33.2 Å². The predicted molar refractivity (Wildman–Crippen MR) is 127 cm³/mol. The monoisotopic (exact) mass is 463 g/mol. The Morgan fingerprint density at radius 2 is 1.82 bits per heavy atom. The molecule has 33 heavy (non-hydrogen) atoms. The Balaban J connectivity index is 1.56. The average Bonchev–Trinajstić information content (AvgIpc) is 3.19. The van der Waals surface area contributed by atoms with Gasteiger partial charge in [0.1, 0.15) is 11.1 Å². The van der Waals surface area contributed by atoms with E-state index in [0.29, 0.717) is 33.4 Å². The largest absolute Gasteiger partial charge is 0.493 e. The molecule has 1 aromatic heterocycles. The number of anilines is 1. The first-order chi connectivity index (χ1) is 16.1. The number of hydrogen-bond donors (Lipinski definition) is 1. The lowest BCUT2D eigenvalue weighted by Crippen LogP contribution is -2.29. The standard InChI is InChI=1S/C25H25N3O4S/c1-30-20-11-17(12-21(31-2)23(20)32-3)24(29)27-25-19(13-26)18-9-10-28(15-22(18)33-25)14-16-7-5-4-6-8-16/h4-8,11-12H,9-10,14-15H2,1-3H3,(H,27,29). The normalized spacial score (nSPS) is 13.0. The number of fused-ring (bicyclic) bond motifs is 1. The molecule has 8 heteroatoms. The second-order valence-corrected chi connectivity index (χ2v) is 8.74. The molecule has 0 saturated heterocycles. The lowest BCUT2D eigenvalue weighted by atomic mass is 10.0. The number of carbonyl (C=O) groups excluding carboxylic acids is 1. The zero-order chi connectivity index (χ0) is 23.4. The van der Waals surface area contributed by atoms with Gasteiger partial charge in [0.15, 0.2) is 11.5 Å². The van der Waals surface area contributed by atoms with Crippen molar-refractivity contribution in [2.24, 2.45) is 0 Å². The van der Waals surface area contributed by atoms with Crippen LogP contribution < -0.4 is 19.5 Å². The fourth-order valence-electron chi connectivity index (χ4n) is 4.03. The fourth-order valence-corrected chi connectivity index (χ4v) is 5.26. The molecular weight excluding hydrogens is 438 g/mol. The van der Waals surface area contributed by atoms with Crippen molar-refractivity contribution >= 4 is 22.2 Å². The first-order valence-electron chi connectivity index (χ1n) is 10.5. The van der Waals surface area contributed by atoms with E-state index < -0.39 is 0 Å². The lowest BCUT2D eigenvalue weighted by Gasteiger charge is -2.26. The number of thiophene rings is 1. The van der Waals surface area contributed by atoms with Crippen molar-refractivity contribution < 1.29 is 19.0 Å². The molecule has 0 bridgehead atoms. The third kappa shape index (κ3) is 4.65. The van der Waals surface area contributed by atoms with E-state index in [4.69, 9.17) is 14.2 Å². The minimum atomic E-state index is -0.342. The maximum Gasteiger partial charge on any atom is 0.256 e. The molecule has 1 N–H and O–H groups in total. The predicted octanol–water partition coefficient (Wildman–Crippen LogP) is 4.46. The van der Waals surface area contributed by atoms with E-state index in [1.54, 1.807) is 12.1 Å². The summed E-state index contributed by atoms with van der Waals surface area (Å²) >= 11 is 1.47. The Bertz CT molecular complexity index is 1180. The van der Waals surface area contributed by atoms with Gasteiger partial charge in [0, 0.05) is 30.1 Å². The first kappa shape index (κ1) is 22.6. The highest BCUT2D eigenvalue weighted by atomic mass is 32.1. The minimum absolute atomic E-state index is 0.342. The number of carbonyl (C=O) groups is 1. The van der Waals surface area contributed by atoms with Crippen molar-refractivity contribution in [2.45, 2.75) is 19.5 Å². The van der Waals surface area contributed by atoms with E-state index in [1.807, 2.05) is 18.2 Å². The van der Waals surface area contributed by atoms with Gasteiger partial charge < -0.3 is 19.5 Å². The zero-order valence-corrected chi connectivity index (χ0v) is 19.6. The van der Waals surface area contributed by atoms with E-state index in [0.717, 1.165) is 36.5 Å². The van der Waals surface area contributed by atoms with Crippen LogP contribution in [0.5, 0.6) is 17.2 Å². The molecule has 0 spiro atoms. The van der Waals surface area contributed by atoms with Gasteiger partial charge >= 0.3 is 0 Å². The molecule has 2 aromatic carbocycles. The number of nitrogens with zero attached hydrogens (tertiary/aromatic N) is 2.